The third-order valence-corrected chi connectivity index (χ3v) is 10.00. The number of hydrogen-bond donors (Lipinski definition) is 4. The number of aliphatic hydroxyl groups is 1. The van der Waals surface area contributed by atoms with Crippen molar-refractivity contribution in [2.24, 2.45) is 11.8 Å². The van der Waals surface area contributed by atoms with Gasteiger partial charge in [0, 0.05) is 34.6 Å². The molecule has 2 amide bonds. The zero-order valence-corrected chi connectivity index (χ0v) is 26.5. The fourth-order valence-electron chi connectivity index (χ4n) is 6.72. The lowest BCUT2D eigenvalue weighted by Gasteiger charge is -2.47. The van der Waals surface area contributed by atoms with E-state index >= 15 is 0 Å². The Morgan fingerprint density at radius 2 is 1.74 bits per heavy atom. The quantitative estimate of drug-likeness (QED) is 0.251. The monoisotopic (exact) mass is 603 g/mol. The molecule has 1 aliphatic heterocycles. The van der Waals surface area contributed by atoms with E-state index < -0.39 is 12.1 Å². The van der Waals surface area contributed by atoms with E-state index in [1.807, 2.05) is 62.5 Å². The van der Waals surface area contributed by atoms with Crippen LogP contribution in [-0.2, 0) is 4.79 Å². The van der Waals surface area contributed by atoms with Crippen molar-refractivity contribution in [1.82, 2.24) is 15.5 Å². The van der Waals surface area contributed by atoms with Crippen LogP contribution in [0.3, 0.4) is 0 Å². The standard InChI is InChI=1S/C35H45N3O4S/c1-22-27(15-10-16-29(22)39)33(41)36-32(31-18-26(21-43-31)23-11-6-5-7-12-23)30(40)20-38-19-25-14-9-8-13-24(25)17-28(38)34(42)37-35(2,3)4/h5-7,10-12,15-16,18,21,24-25,28,30,32,39-40H,8-9,13-14,17,19-20H2,1-4H3,(H,36,41)(H,37,42)/t24-,25+,28-,30+,32+/m0/s1. The van der Waals surface area contributed by atoms with Crippen molar-refractivity contribution in [3.8, 4) is 16.9 Å². The number of phenols is 1. The number of benzene rings is 2. The lowest BCUT2D eigenvalue weighted by atomic mass is 9.72. The molecule has 4 N–H and O–H groups in total. The molecule has 7 nitrogen and oxygen atoms in total. The second-order valence-electron chi connectivity index (χ2n) is 13.3. The molecule has 8 heteroatoms. The zero-order valence-electron chi connectivity index (χ0n) is 25.7. The van der Waals surface area contributed by atoms with Gasteiger partial charge in [0.15, 0.2) is 0 Å². The van der Waals surface area contributed by atoms with E-state index in [0.717, 1.165) is 41.8 Å². The molecule has 3 aromatic rings. The molecule has 1 saturated heterocycles. The molecule has 5 rings (SSSR count). The molecule has 0 radical (unpaired) electrons. The van der Waals surface area contributed by atoms with E-state index in [9.17, 15) is 19.8 Å². The number of phenolic OH excluding ortho intramolecular Hbond substituents is 1. The number of carbonyl (C=O) groups excluding carboxylic acids is 2. The third-order valence-electron chi connectivity index (χ3n) is 8.98. The summed E-state index contributed by atoms with van der Waals surface area (Å²) < 4.78 is 0. The van der Waals surface area contributed by atoms with Gasteiger partial charge in [-0.05, 0) is 87.1 Å². The number of thiophene rings is 1. The SMILES string of the molecule is Cc1c(O)cccc1C(=O)N[C@@H](c1cc(-c2ccccc2)cs1)[C@H](O)CN1C[C@H]2CCCC[C@H]2C[C@H]1C(=O)NC(C)(C)C. The Kier molecular flexibility index (Phi) is 9.59. The maximum atomic E-state index is 13.6. The highest BCUT2D eigenvalue weighted by Gasteiger charge is 2.42. The van der Waals surface area contributed by atoms with E-state index in [4.69, 9.17) is 0 Å². The Morgan fingerprint density at radius 3 is 2.47 bits per heavy atom. The first-order chi connectivity index (χ1) is 20.5. The van der Waals surface area contributed by atoms with Crippen LogP contribution in [0.5, 0.6) is 5.75 Å². The van der Waals surface area contributed by atoms with Crippen molar-refractivity contribution >= 4 is 23.2 Å². The minimum atomic E-state index is -0.964. The summed E-state index contributed by atoms with van der Waals surface area (Å²) in [6, 6.07) is 15.9. The Bertz CT molecular complexity index is 1420. The van der Waals surface area contributed by atoms with Gasteiger partial charge < -0.3 is 20.8 Å². The van der Waals surface area contributed by atoms with Gasteiger partial charge in [0.2, 0.25) is 5.91 Å². The molecule has 2 aromatic carbocycles. The molecular formula is C35H45N3O4S. The molecule has 2 fully saturated rings. The Balaban J connectivity index is 1.44. The van der Waals surface area contributed by atoms with Crippen LogP contribution in [0, 0.1) is 18.8 Å². The van der Waals surface area contributed by atoms with Crippen LogP contribution < -0.4 is 10.6 Å². The first-order valence-electron chi connectivity index (χ1n) is 15.5. The Morgan fingerprint density at radius 1 is 1.02 bits per heavy atom. The van der Waals surface area contributed by atoms with Crippen molar-refractivity contribution in [1.29, 1.82) is 0 Å². The minimum Gasteiger partial charge on any atom is -0.508 e. The zero-order chi connectivity index (χ0) is 30.7. The van der Waals surface area contributed by atoms with E-state index in [1.165, 1.54) is 24.2 Å². The van der Waals surface area contributed by atoms with Crippen LogP contribution >= 0.6 is 11.3 Å². The van der Waals surface area contributed by atoms with Crippen LogP contribution in [0.4, 0.5) is 0 Å². The van der Waals surface area contributed by atoms with Crippen LogP contribution in [-0.4, -0.2) is 57.7 Å². The number of nitrogens with one attached hydrogen (secondary N) is 2. The first kappa shape index (κ1) is 31.2. The van der Waals surface area contributed by atoms with Crippen molar-refractivity contribution < 1.29 is 19.8 Å². The second-order valence-corrected chi connectivity index (χ2v) is 14.3. The Hall–Kier alpha value is -3.20. The number of carbonyl (C=O) groups is 2. The van der Waals surface area contributed by atoms with Gasteiger partial charge in [-0.25, -0.2) is 0 Å². The number of piperidine rings is 1. The number of hydrogen-bond acceptors (Lipinski definition) is 6. The van der Waals surface area contributed by atoms with Crippen LogP contribution in [0.2, 0.25) is 0 Å². The van der Waals surface area contributed by atoms with Crippen LogP contribution in [0.1, 0.15) is 79.7 Å². The van der Waals surface area contributed by atoms with Crippen molar-refractivity contribution in [2.75, 3.05) is 13.1 Å². The Labute approximate surface area is 259 Å². The smallest absolute Gasteiger partial charge is 0.252 e. The summed E-state index contributed by atoms with van der Waals surface area (Å²) in [6.07, 6.45) is 4.54. The molecule has 230 valence electrons. The molecule has 1 saturated carbocycles. The van der Waals surface area contributed by atoms with Crippen LogP contribution in [0.15, 0.2) is 60.0 Å². The average molecular weight is 604 g/mol. The van der Waals surface area contributed by atoms with E-state index in [1.54, 1.807) is 25.1 Å². The lowest BCUT2D eigenvalue weighted by Crippen LogP contribution is -2.59. The topological polar surface area (TPSA) is 102 Å². The average Bonchev–Trinajstić information content (AvgIpc) is 3.46. The highest BCUT2D eigenvalue weighted by molar-refractivity contribution is 7.10. The number of nitrogens with zero attached hydrogens (tertiary/aromatic N) is 1. The van der Waals surface area contributed by atoms with Gasteiger partial charge in [0.05, 0.1) is 18.2 Å². The minimum absolute atomic E-state index is 0.00202. The highest BCUT2D eigenvalue weighted by atomic mass is 32.1. The van der Waals surface area contributed by atoms with E-state index in [-0.39, 0.29) is 35.7 Å². The molecular weight excluding hydrogens is 558 g/mol. The number of amides is 2. The molecule has 43 heavy (non-hydrogen) atoms. The molecule has 5 atom stereocenters. The molecule has 2 aliphatic rings. The molecule has 0 unspecified atom stereocenters. The number of aliphatic hydroxyl groups excluding tert-OH is 1. The highest BCUT2D eigenvalue weighted by Crippen LogP contribution is 2.39. The van der Waals surface area contributed by atoms with Gasteiger partial charge in [-0.1, -0.05) is 55.7 Å². The number of likely N-dealkylation sites (tertiary alicyclic amines) is 1. The molecule has 1 aromatic heterocycles. The maximum Gasteiger partial charge on any atom is 0.252 e. The van der Waals surface area contributed by atoms with Crippen LogP contribution in [0.25, 0.3) is 11.1 Å². The van der Waals surface area contributed by atoms with Gasteiger partial charge in [-0.3, -0.25) is 14.5 Å². The second kappa shape index (κ2) is 13.2. The molecule has 2 heterocycles. The van der Waals surface area contributed by atoms with Gasteiger partial charge in [0.1, 0.15) is 5.75 Å². The van der Waals surface area contributed by atoms with Gasteiger partial charge in [-0.15, -0.1) is 11.3 Å². The lowest BCUT2D eigenvalue weighted by molar-refractivity contribution is -0.132. The fourth-order valence-corrected chi connectivity index (χ4v) is 7.74. The fraction of sp³-hybridized carbons (Fsp3) is 0.486. The van der Waals surface area contributed by atoms with Crippen molar-refractivity contribution in [2.45, 2.75) is 83.5 Å². The number of aromatic hydroxyl groups is 1. The summed E-state index contributed by atoms with van der Waals surface area (Å²) >= 11 is 1.50. The normalized spacial score (nSPS) is 22.3. The number of fused-ring (bicyclic) bond motifs is 1. The summed E-state index contributed by atoms with van der Waals surface area (Å²) in [4.78, 5) is 30.2. The summed E-state index contributed by atoms with van der Waals surface area (Å²) in [5.74, 6) is 0.722. The summed E-state index contributed by atoms with van der Waals surface area (Å²) in [7, 11) is 0. The van der Waals surface area contributed by atoms with Gasteiger partial charge >= 0.3 is 0 Å². The third kappa shape index (κ3) is 7.48. The number of β-amino-alcohol motifs (C(OH)–C–C–N with tert-alkyl or cyclic N) is 1. The van der Waals surface area contributed by atoms with Crippen molar-refractivity contribution in [3.63, 3.8) is 0 Å². The predicted octanol–water partition coefficient (Wildman–Crippen LogP) is 6.06. The summed E-state index contributed by atoms with van der Waals surface area (Å²) in [5.41, 5.74) is 2.58. The molecule has 0 spiro atoms. The molecule has 0 bridgehead atoms. The van der Waals surface area contributed by atoms with Gasteiger partial charge in [-0.2, -0.15) is 0 Å². The van der Waals surface area contributed by atoms with Gasteiger partial charge in [0.25, 0.3) is 5.91 Å². The van der Waals surface area contributed by atoms with E-state index in [0.29, 0.717) is 23.0 Å². The number of rotatable bonds is 8. The predicted molar refractivity (Wildman–Crippen MR) is 172 cm³/mol. The summed E-state index contributed by atoms with van der Waals surface area (Å²) in [5, 5.41) is 30.5. The largest absolute Gasteiger partial charge is 0.508 e. The maximum absolute atomic E-state index is 13.6. The van der Waals surface area contributed by atoms with E-state index in [2.05, 4.69) is 15.5 Å². The first-order valence-corrected chi connectivity index (χ1v) is 16.4. The summed E-state index contributed by atoms with van der Waals surface area (Å²) in [6.45, 7) is 8.70. The van der Waals surface area contributed by atoms with Crippen molar-refractivity contribution in [3.05, 3.63) is 76.0 Å². The molecule has 1 aliphatic carbocycles.